The number of nitrogens with zero attached hydrogens (tertiary/aromatic N) is 1. The number of rotatable bonds is 3. The maximum Gasteiger partial charge on any atom is 0.257 e. The molecule has 25 heavy (non-hydrogen) atoms. The molecule has 0 fully saturated rings. The minimum Gasteiger partial charge on any atom is -0.379 e. The molecule has 1 atom stereocenters. The van der Waals surface area contributed by atoms with Crippen molar-refractivity contribution < 1.29 is 4.79 Å². The molecule has 0 radical (unpaired) electrons. The van der Waals surface area contributed by atoms with Crippen LogP contribution in [0, 0.1) is 0 Å². The molecule has 0 saturated heterocycles. The fraction of sp³-hybridized carbons (Fsp3) is 0.222. The van der Waals surface area contributed by atoms with Crippen molar-refractivity contribution >= 4 is 56.1 Å². The first kappa shape index (κ1) is 18.3. The largest absolute Gasteiger partial charge is 0.379 e. The third kappa shape index (κ3) is 4.19. The maximum absolute atomic E-state index is 12.5. The van der Waals surface area contributed by atoms with Crippen molar-refractivity contribution in [3.8, 4) is 0 Å². The second-order valence-corrected chi connectivity index (χ2v) is 8.42. The van der Waals surface area contributed by atoms with Gasteiger partial charge < -0.3 is 11.1 Å². The van der Waals surface area contributed by atoms with Gasteiger partial charge in [-0.25, -0.2) is 0 Å². The van der Waals surface area contributed by atoms with E-state index in [0.29, 0.717) is 21.4 Å². The lowest BCUT2D eigenvalue weighted by molar-refractivity contribution is 0.102. The summed E-state index contributed by atoms with van der Waals surface area (Å²) in [5.74, 6) is 0.673. The first-order valence-electron chi connectivity index (χ1n) is 7.72. The van der Waals surface area contributed by atoms with Crippen LogP contribution in [0.1, 0.15) is 29.3 Å². The lowest BCUT2D eigenvalue weighted by atomic mass is 9.89. The Kier molecular flexibility index (Phi) is 5.41. The van der Waals surface area contributed by atoms with Gasteiger partial charge in [-0.1, -0.05) is 51.4 Å². The monoisotopic (exact) mass is 437 g/mol. The minimum absolute atomic E-state index is 0.254. The molecule has 0 aromatic heterocycles. The van der Waals surface area contributed by atoms with E-state index in [1.807, 2.05) is 24.3 Å². The van der Waals surface area contributed by atoms with Gasteiger partial charge in [0.25, 0.3) is 5.91 Å². The van der Waals surface area contributed by atoms with Crippen molar-refractivity contribution in [3.05, 3.63) is 63.1 Å². The molecule has 3 N–H and O–H groups in total. The van der Waals surface area contributed by atoms with Crippen molar-refractivity contribution in [2.45, 2.75) is 18.9 Å². The Morgan fingerprint density at radius 1 is 1.36 bits per heavy atom. The first-order valence-corrected chi connectivity index (χ1v) is 9.88. The van der Waals surface area contributed by atoms with E-state index in [1.54, 1.807) is 30.0 Å². The highest BCUT2D eigenvalue weighted by molar-refractivity contribution is 9.10. The summed E-state index contributed by atoms with van der Waals surface area (Å²) < 4.78 is 0.799. The van der Waals surface area contributed by atoms with Crippen LogP contribution in [0.5, 0.6) is 0 Å². The summed E-state index contributed by atoms with van der Waals surface area (Å²) in [4.78, 5) is 17.1. The summed E-state index contributed by atoms with van der Waals surface area (Å²) in [6, 6.07) is 12.9. The third-order valence-corrected chi connectivity index (χ3v) is 5.73. The van der Waals surface area contributed by atoms with Crippen LogP contribution in [0.25, 0.3) is 0 Å². The van der Waals surface area contributed by atoms with Crippen LogP contribution < -0.4 is 11.1 Å². The number of nitrogens with two attached hydrogens (primary N) is 1. The first-order chi connectivity index (χ1) is 11.9. The second-order valence-electron chi connectivity index (χ2n) is 5.98. The van der Waals surface area contributed by atoms with E-state index < -0.39 is 0 Å². The standard InChI is InChI=1S/C18H17BrClN3OS/c1-18(7-8-25-17(21)23-18)11-3-2-4-13(9-11)22-16(24)14-10-12(19)5-6-15(14)20/h2-6,9-10H,7-8H2,1H3,(H2,21,23)(H,22,24). The van der Waals surface area contributed by atoms with Gasteiger partial charge in [0.05, 0.1) is 16.1 Å². The molecule has 1 unspecified atom stereocenters. The molecule has 3 rings (SSSR count). The zero-order valence-electron chi connectivity index (χ0n) is 13.6. The molecule has 1 aliphatic heterocycles. The number of aliphatic imine (C=N–C) groups is 1. The Labute approximate surface area is 164 Å². The molecule has 1 amide bonds. The molecule has 2 aromatic rings. The predicted octanol–water partition coefficient (Wildman–Crippen LogP) is 5.02. The van der Waals surface area contributed by atoms with E-state index >= 15 is 0 Å². The number of benzene rings is 2. The summed E-state index contributed by atoms with van der Waals surface area (Å²) in [5, 5.41) is 3.91. The third-order valence-electron chi connectivity index (χ3n) is 4.11. The van der Waals surface area contributed by atoms with Crippen molar-refractivity contribution in [2.24, 2.45) is 10.7 Å². The van der Waals surface area contributed by atoms with E-state index in [1.165, 1.54) is 0 Å². The Bertz CT molecular complexity index is 858. The Morgan fingerprint density at radius 2 is 2.16 bits per heavy atom. The van der Waals surface area contributed by atoms with Gasteiger partial charge >= 0.3 is 0 Å². The van der Waals surface area contributed by atoms with Gasteiger partial charge in [-0.05, 0) is 49.2 Å². The van der Waals surface area contributed by atoms with Crippen molar-refractivity contribution in [1.82, 2.24) is 0 Å². The van der Waals surface area contributed by atoms with Gasteiger partial charge in [0.1, 0.15) is 0 Å². The van der Waals surface area contributed by atoms with Crippen molar-refractivity contribution in [3.63, 3.8) is 0 Å². The number of carbonyl (C=O) groups excluding carboxylic acids is 1. The zero-order valence-corrected chi connectivity index (χ0v) is 16.7. The number of halogens is 2. The predicted molar refractivity (Wildman–Crippen MR) is 110 cm³/mol. The van der Waals surface area contributed by atoms with Gasteiger partial charge in [0.2, 0.25) is 0 Å². The van der Waals surface area contributed by atoms with Crippen molar-refractivity contribution in [1.29, 1.82) is 0 Å². The molecule has 2 aromatic carbocycles. The smallest absolute Gasteiger partial charge is 0.257 e. The van der Waals surface area contributed by atoms with Gasteiger partial charge in [-0.2, -0.15) is 0 Å². The van der Waals surface area contributed by atoms with E-state index in [2.05, 4.69) is 33.2 Å². The quantitative estimate of drug-likeness (QED) is 0.707. The van der Waals surface area contributed by atoms with Crippen LogP contribution in [0.4, 0.5) is 5.69 Å². The molecule has 130 valence electrons. The Hall–Kier alpha value is -1.50. The van der Waals surface area contributed by atoms with Crippen LogP contribution in [-0.2, 0) is 5.54 Å². The number of hydrogen-bond acceptors (Lipinski definition) is 4. The number of hydrogen-bond donors (Lipinski definition) is 2. The van der Waals surface area contributed by atoms with Crippen LogP contribution in [0.15, 0.2) is 51.9 Å². The number of amidine groups is 1. The van der Waals surface area contributed by atoms with E-state index in [4.69, 9.17) is 17.3 Å². The summed E-state index contributed by atoms with van der Waals surface area (Å²) in [6.45, 7) is 2.06. The minimum atomic E-state index is -0.372. The Morgan fingerprint density at radius 3 is 2.92 bits per heavy atom. The summed E-state index contributed by atoms with van der Waals surface area (Å²) in [5.41, 5.74) is 7.67. The summed E-state index contributed by atoms with van der Waals surface area (Å²) >= 11 is 11.1. The van der Waals surface area contributed by atoms with Gasteiger partial charge in [-0.3, -0.25) is 9.79 Å². The lowest BCUT2D eigenvalue weighted by Crippen LogP contribution is -2.28. The van der Waals surface area contributed by atoms with Crippen LogP contribution in [0.2, 0.25) is 5.02 Å². The van der Waals surface area contributed by atoms with Crippen molar-refractivity contribution in [2.75, 3.05) is 11.1 Å². The number of nitrogens with one attached hydrogen (secondary N) is 1. The molecule has 1 aliphatic rings. The molecule has 4 nitrogen and oxygen atoms in total. The molecular weight excluding hydrogens is 422 g/mol. The van der Waals surface area contributed by atoms with E-state index in [-0.39, 0.29) is 11.4 Å². The molecule has 0 saturated carbocycles. The number of anilines is 1. The molecule has 1 heterocycles. The fourth-order valence-corrected chi connectivity index (χ4v) is 4.24. The summed E-state index contributed by atoms with van der Waals surface area (Å²) in [6.07, 6.45) is 0.896. The molecular formula is C18H17BrClN3OS. The average molecular weight is 439 g/mol. The van der Waals surface area contributed by atoms with Crippen LogP contribution in [-0.4, -0.2) is 16.8 Å². The maximum atomic E-state index is 12.5. The lowest BCUT2D eigenvalue weighted by Gasteiger charge is -2.30. The topological polar surface area (TPSA) is 67.5 Å². The fourth-order valence-electron chi connectivity index (χ4n) is 2.70. The number of carbonyl (C=O) groups is 1. The number of thioether (sulfide) groups is 1. The highest BCUT2D eigenvalue weighted by Gasteiger charge is 2.29. The average Bonchev–Trinajstić information content (AvgIpc) is 2.57. The number of amides is 1. The highest BCUT2D eigenvalue weighted by atomic mass is 79.9. The SMILES string of the molecule is CC1(c2cccc(NC(=O)c3cc(Br)ccc3Cl)c2)CCSC(N)=N1. The summed E-state index contributed by atoms with van der Waals surface area (Å²) in [7, 11) is 0. The highest BCUT2D eigenvalue weighted by Crippen LogP contribution is 2.36. The van der Waals surface area contributed by atoms with Crippen LogP contribution >= 0.6 is 39.3 Å². The van der Waals surface area contributed by atoms with Gasteiger partial charge in [0.15, 0.2) is 5.17 Å². The van der Waals surface area contributed by atoms with E-state index in [9.17, 15) is 4.79 Å². The zero-order chi connectivity index (χ0) is 18.0. The second kappa shape index (κ2) is 7.40. The molecule has 0 spiro atoms. The normalized spacial score (nSPS) is 20.0. The Balaban J connectivity index is 1.86. The molecule has 7 heteroatoms. The van der Waals surface area contributed by atoms with Gasteiger partial charge in [0, 0.05) is 15.9 Å². The molecule has 0 bridgehead atoms. The molecule has 0 aliphatic carbocycles. The van der Waals surface area contributed by atoms with Crippen LogP contribution in [0.3, 0.4) is 0 Å². The van der Waals surface area contributed by atoms with E-state index in [0.717, 1.165) is 22.2 Å². The van der Waals surface area contributed by atoms with Gasteiger partial charge in [-0.15, -0.1) is 0 Å².